The Morgan fingerprint density at radius 2 is 1.41 bits per heavy atom. The highest BCUT2D eigenvalue weighted by atomic mass is 16.3. The van der Waals surface area contributed by atoms with E-state index in [1.807, 2.05) is 25.1 Å². The van der Waals surface area contributed by atoms with E-state index in [0.717, 1.165) is 22.5 Å². The number of phenolic OH excluding ortho intramolecular Hbond substituents is 1. The predicted molar refractivity (Wildman–Crippen MR) is 84.0 cm³/mol. The molecule has 2 aromatic carbocycles. The number of phenols is 1. The number of aromatic hydroxyl groups is 1. The zero-order valence-corrected chi connectivity index (χ0v) is 12.1. The van der Waals surface area contributed by atoms with E-state index in [0.29, 0.717) is 12.8 Å². The maximum atomic E-state index is 10.9. The summed E-state index contributed by atoms with van der Waals surface area (Å²) in [5.41, 5.74) is 4.96. The lowest BCUT2D eigenvalue weighted by atomic mass is 10.1. The Morgan fingerprint density at radius 1 is 0.864 bits per heavy atom. The first-order valence-electron chi connectivity index (χ1n) is 7.02. The van der Waals surface area contributed by atoms with E-state index in [4.69, 9.17) is 5.11 Å². The molecule has 2 heterocycles. The van der Waals surface area contributed by atoms with Crippen LogP contribution in [0.5, 0.6) is 5.75 Å². The second-order valence-electron chi connectivity index (χ2n) is 5.45. The molecule has 4 rings (SSSR count). The summed E-state index contributed by atoms with van der Waals surface area (Å²) in [6, 6.07) is 10.9. The topological polar surface area (TPSA) is 78.4 Å². The first kappa shape index (κ1) is 14.1. The molecule has 0 aliphatic carbocycles. The molecule has 2 aliphatic heterocycles. The summed E-state index contributed by atoms with van der Waals surface area (Å²) < 4.78 is 0. The maximum absolute atomic E-state index is 10.9. The van der Waals surface area contributed by atoms with Crippen molar-refractivity contribution in [3.8, 4) is 5.75 Å². The summed E-state index contributed by atoms with van der Waals surface area (Å²) >= 11 is 0. The molecular weight excluding hydrogens is 280 g/mol. The molecule has 5 nitrogen and oxygen atoms in total. The molecule has 0 atom stereocenters. The zero-order valence-electron chi connectivity index (χ0n) is 12.1. The van der Waals surface area contributed by atoms with E-state index >= 15 is 0 Å². The third kappa shape index (κ3) is 2.93. The number of hydrogen-bond acceptors (Lipinski definition) is 3. The van der Waals surface area contributed by atoms with E-state index in [1.54, 1.807) is 18.2 Å². The fourth-order valence-corrected chi connectivity index (χ4v) is 2.53. The van der Waals surface area contributed by atoms with Crippen LogP contribution < -0.4 is 10.6 Å². The Kier molecular flexibility index (Phi) is 3.55. The number of hydrogen-bond donors (Lipinski definition) is 3. The lowest BCUT2D eigenvalue weighted by Crippen LogP contribution is -2.03. The number of amides is 2. The molecule has 2 amide bonds. The molecule has 2 aliphatic rings. The van der Waals surface area contributed by atoms with Crippen LogP contribution in [0.3, 0.4) is 0 Å². The van der Waals surface area contributed by atoms with Crippen LogP contribution in [-0.2, 0) is 22.4 Å². The Balaban J connectivity index is 0.000000131. The van der Waals surface area contributed by atoms with Crippen molar-refractivity contribution in [2.75, 3.05) is 10.6 Å². The van der Waals surface area contributed by atoms with Gasteiger partial charge in [-0.1, -0.05) is 18.2 Å². The van der Waals surface area contributed by atoms with Gasteiger partial charge in [-0.2, -0.15) is 0 Å². The fourth-order valence-electron chi connectivity index (χ4n) is 2.53. The molecule has 2 aromatic rings. The summed E-state index contributed by atoms with van der Waals surface area (Å²) in [5.74, 6) is 0.280. The highest BCUT2D eigenvalue weighted by Gasteiger charge is 2.17. The number of anilines is 2. The van der Waals surface area contributed by atoms with Gasteiger partial charge in [-0.05, 0) is 35.7 Å². The van der Waals surface area contributed by atoms with Gasteiger partial charge < -0.3 is 15.7 Å². The number of benzene rings is 2. The molecule has 0 fully saturated rings. The van der Waals surface area contributed by atoms with Gasteiger partial charge in [-0.15, -0.1) is 0 Å². The van der Waals surface area contributed by atoms with Crippen molar-refractivity contribution in [2.45, 2.75) is 19.8 Å². The molecule has 22 heavy (non-hydrogen) atoms. The average molecular weight is 296 g/mol. The molecular formula is C17H16N2O3. The number of nitrogens with one attached hydrogen (secondary N) is 2. The van der Waals surface area contributed by atoms with E-state index in [2.05, 4.69) is 10.6 Å². The third-order valence-corrected chi connectivity index (χ3v) is 3.61. The fraction of sp³-hybridized carbons (Fsp3) is 0.176. The first-order valence-corrected chi connectivity index (χ1v) is 7.02. The van der Waals surface area contributed by atoms with Crippen LogP contribution in [0.25, 0.3) is 0 Å². The monoisotopic (exact) mass is 296 g/mol. The highest BCUT2D eigenvalue weighted by molar-refractivity contribution is 5.99. The van der Waals surface area contributed by atoms with Gasteiger partial charge in [0.2, 0.25) is 11.8 Å². The van der Waals surface area contributed by atoms with Gasteiger partial charge >= 0.3 is 0 Å². The summed E-state index contributed by atoms with van der Waals surface area (Å²) in [7, 11) is 0. The lowest BCUT2D eigenvalue weighted by molar-refractivity contribution is -0.115. The summed E-state index contributed by atoms with van der Waals surface area (Å²) in [6.07, 6.45) is 0.964. The molecule has 112 valence electrons. The van der Waals surface area contributed by atoms with Gasteiger partial charge in [-0.25, -0.2) is 0 Å². The SMILES string of the molecule is Cc1ccc2c(c1)NC(=O)C2.O=C1Cc2ccc(O)cc2N1. The van der Waals surface area contributed by atoms with Crippen LogP contribution >= 0.6 is 0 Å². The molecule has 0 saturated carbocycles. The third-order valence-electron chi connectivity index (χ3n) is 3.61. The largest absolute Gasteiger partial charge is 0.508 e. The van der Waals surface area contributed by atoms with Crippen molar-refractivity contribution in [3.63, 3.8) is 0 Å². The maximum Gasteiger partial charge on any atom is 0.228 e. The van der Waals surface area contributed by atoms with Crippen LogP contribution in [0, 0.1) is 6.92 Å². The van der Waals surface area contributed by atoms with Crippen molar-refractivity contribution in [1.82, 2.24) is 0 Å². The Labute approximate surface area is 128 Å². The molecule has 0 bridgehead atoms. The van der Waals surface area contributed by atoms with Crippen molar-refractivity contribution in [1.29, 1.82) is 0 Å². The van der Waals surface area contributed by atoms with Crippen LogP contribution in [0.1, 0.15) is 16.7 Å². The van der Waals surface area contributed by atoms with Gasteiger partial charge in [0.05, 0.1) is 12.8 Å². The first-order chi connectivity index (χ1) is 10.5. The number of carbonyl (C=O) groups excluding carboxylic acids is 2. The average Bonchev–Trinajstić information content (AvgIpc) is 2.99. The van der Waals surface area contributed by atoms with Crippen molar-refractivity contribution in [3.05, 3.63) is 53.1 Å². The smallest absolute Gasteiger partial charge is 0.228 e. The number of aryl methyl sites for hydroxylation is 1. The quantitative estimate of drug-likeness (QED) is 0.698. The van der Waals surface area contributed by atoms with Crippen molar-refractivity contribution < 1.29 is 14.7 Å². The second-order valence-corrected chi connectivity index (χ2v) is 5.45. The summed E-state index contributed by atoms with van der Waals surface area (Å²) in [6.45, 7) is 2.02. The minimum Gasteiger partial charge on any atom is -0.508 e. The minimum atomic E-state index is -0.00870. The minimum absolute atomic E-state index is 0.00870. The predicted octanol–water partition coefficient (Wildman–Crippen LogP) is 2.38. The van der Waals surface area contributed by atoms with E-state index in [-0.39, 0.29) is 17.6 Å². The van der Waals surface area contributed by atoms with E-state index < -0.39 is 0 Å². The Bertz CT molecular complexity index is 703. The normalized spacial score (nSPS) is 14.4. The van der Waals surface area contributed by atoms with Crippen LogP contribution in [0.2, 0.25) is 0 Å². The number of carbonyl (C=O) groups is 2. The molecule has 0 aromatic heterocycles. The van der Waals surface area contributed by atoms with Gasteiger partial charge in [0, 0.05) is 17.4 Å². The second kappa shape index (κ2) is 5.52. The number of fused-ring (bicyclic) bond motifs is 2. The van der Waals surface area contributed by atoms with Crippen LogP contribution in [0.15, 0.2) is 36.4 Å². The Hall–Kier alpha value is -2.82. The molecule has 0 saturated heterocycles. The molecule has 0 spiro atoms. The van der Waals surface area contributed by atoms with E-state index in [1.165, 1.54) is 5.56 Å². The highest BCUT2D eigenvalue weighted by Crippen LogP contribution is 2.26. The van der Waals surface area contributed by atoms with Crippen LogP contribution in [0.4, 0.5) is 11.4 Å². The Morgan fingerprint density at radius 3 is 2.05 bits per heavy atom. The van der Waals surface area contributed by atoms with Crippen molar-refractivity contribution >= 4 is 23.2 Å². The van der Waals surface area contributed by atoms with Gasteiger partial charge in [0.1, 0.15) is 5.75 Å². The molecule has 5 heteroatoms. The van der Waals surface area contributed by atoms with Crippen molar-refractivity contribution in [2.24, 2.45) is 0 Å². The van der Waals surface area contributed by atoms with Crippen LogP contribution in [-0.4, -0.2) is 16.9 Å². The lowest BCUT2D eigenvalue weighted by Gasteiger charge is -1.97. The van der Waals surface area contributed by atoms with Gasteiger partial charge in [0.15, 0.2) is 0 Å². The molecule has 0 unspecified atom stereocenters. The summed E-state index contributed by atoms with van der Waals surface area (Å²) in [4.78, 5) is 21.7. The van der Waals surface area contributed by atoms with Gasteiger partial charge in [0.25, 0.3) is 0 Å². The van der Waals surface area contributed by atoms with E-state index in [9.17, 15) is 9.59 Å². The molecule has 3 N–H and O–H groups in total. The molecule has 0 radical (unpaired) electrons. The van der Waals surface area contributed by atoms with Gasteiger partial charge in [-0.3, -0.25) is 9.59 Å². The summed E-state index contributed by atoms with van der Waals surface area (Å²) in [5, 5.41) is 14.5. The standard InChI is InChI=1S/C9H9NO.C8H7NO2/c1-6-2-3-7-5-9(11)10-8(7)4-6;10-6-2-1-5-3-8(11)9-7(5)4-6/h2-4H,5H2,1H3,(H,10,11);1-2,4,10H,3H2,(H,9,11). The zero-order chi connectivity index (χ0) is 15.7. The number of rotatable bonds is 0.